The summed E-state index contributed by atoms with van der Waals surface area (Å²) in [5, 5.41) is 3.44. The van der Waals surface area contributed by atoms with E-state index in [1.165, 1.54) is 24.5 Å². The highest BCUT2D eigenvalue weighted by atomic mass is 32.2. The van der Waals surface area contributed by atoms with Crippen LogP contribution in [0, 0.1) is 12.7 Å². The number of nitrogens with one attached hydrogen (secondary N) is 1. The largest absolute Gasteiger partial charge is 0.364 e. The molecule has 106 valence electrons. The number of carbonyl (C=O) groups is 1. The molecule has 0 radical (unpaired) electrons. The molecular weight excluding hydrogens is 287 g/mol. The normalized spacial score (nSPS) is 11.3. The molecule has 1 aromatic carbocycles. The Morgan fingerprint density at radius 2 is 2.15 bits per heavy atom. The van der Waals surface area contributed by atoms with Gasteiger partial charge in [0.2, 0.25) is 10.0 Å². The predicted octanol–water partition coefficient (Wildman–Crippen LogP) is 1.38. The van der Waals surface area contributed by atoms with Crippen LogP contribution in [0.15, 0.2) is 35.1 Å². The number of rotatable bonds is 4. The van der Waals surface area contributed by atoms with Gasteiger partial charge in [0.05, 0.1) is 0 Å². The summed E-state index contributed by atoms with van der Waals surface area (Å²) in [6.07, 6.45) is 1.22. The third-order valence-electron chi connectivity index (χ3n) is 2.51. The number of nitrogens with zero attached hydrogens (tertiary/aromatic N) is 1. The molecule has 0 spiro atoms. The van der Waals surface area contributed by atoms with Crippen LogP contribution in [0.3, 0.4) is 0 Å². The fourth-order valence-electron chi connectivity index (χ4n) is 1.48. The van der Waals surface area contributed by atoms with E-state index in [1.807, 2.05) is 4.72 Å². The summed E-state index contributed by atoms with van der Waals surface area (Å²) in [5.74, 6) is -1.97. The van der Waals surface area contributed by atoms with Crippen molar-refractivity contribution in [3.63, 3.8) is 0 Å². The molecule has 8 heteroatoms. The molecule has 0 unspecified atom stereocenters. The molecule has 2 rings (SSSR count). The molecule has 20 heavy (non-hydrogen) atoms. The molecule has 0 saturated carbocycles. The van der Waals surface area contributed by atoms with E-state index in [-0.39, 0.29) is 11.3 Å². The van der Waals surface area contributed by atoms with Crippen LogP contribution in [-0.2, 0) is 15.8 Å². The van der Waals surface area contributed by atoms with Crippen LogP contribution < -0.4 is 4.72 Å². The predicted molar refractivity (Wildman–Crippen MR) is 67.7 cm³/mol. The van der Waals surface area contributed by atoms with E-state index >= 15 is 0 Å². The molecule has 0 atom stereocenters. The second-order valence-corrected chi connectivity index (χ2v) is 5.87. The zero-order chi connectivity index (χ0) is 14.8. The Bertz CT molecular complexity index is 726. The van der Waals surface area contributed by atoms with Crippen LogP contribution in [-0.4, -0.2) is 19.5 Å². The summed E-state index contributed by atoms with van der Waals surface area (Å²) >= 11 is 0. The Balaban J connectivity index is 2.12. The average molecular weight is 298 g/mol. The third kappa shape index (κ3) is 3.41. The van der Waals surface area contributed by atoms with Crippen molar-refractivity contribution in [3.8, 4) is 0 Å². The lowest BCUT2D eigenvalue weighted by Crippen LogP contribution is -2.31. The van der Waals surface area contributed by atoms with E-state index in [4.69, 9.17) is 0 Å². The maximum atomic E-state index is 13.3. The van der Waals surface area contributed by atoms with Crippen molar-refractivity contribution in [2.45, 2.75) is 12.7 Å². The summed E-state index contributed by atoms with van der Waals surface area (Å²) in [6, 6.07) is 5.10. The van der Waals surface area contributed by atoms with Gasteiger partial charge in [-0.25, -0.2) is 17.5 Å². The van der Waals surface area contributed by atoms with Crippen molar-refractivity contribution in [1.82, 2.24) is 9.88 Å². The number of benzene rings is 1. The van der Waals surface area contributed by atoms with Gasteiger partial charge in [0.25, 0.3) is 5.91 Å². The Labute approximate surface area is 114 Å². The highest BCUT2D eigenvalue weighted by Gasteiger charge is 2.18. The van der Waals surface area contributed by atoms with Gasteiger partial charge < -0.3 is 4.52 Å². The number of carbonyl (C=O) groups excluding carboxylic acids is 1. The number of amides is 1. The molecule has 0 aliphatic carbocycles. The van der Waals surface area contributed by atoms with Crippen LogP contribution in [0.4, 0.5) is 4.39 Å². The van der Waals surface area contributed by atoms with Crippen molar-refractivity contribution in [2.24, 2.45) is 0 Å². The van der Waals surface area contributed by atoms with E-state index < -0.39 is 27.5 Å². The minimum absolute atomic E-state index is 0.0724. The van der Waals surface area contributed by atoms with Crippen LogP contribution in [0.2, 0.25) is 0 Å². The van der Waals surface area contributed by atoms with Gasteiger partial charge >= 0.3 is 0 Å². The number of hydrogen-bond donors (Lipinski definition) is 1. The molecule has 0 fully saturated rings. The number of sulfonamides is 1. The van der Waals surface area contributed by atoms with Gasteiger partial charge in [0.15, 0.2) is 0 Å². The minimum atomic E-state index is -3.92. The van der Waals surface area contributed by atoms with Gasteiger partial charge in [0, 0.05) is 11.6 Å². The number of halogens is 1. The van der Waals surface area contributed by atoms with E-state index in [2.05, 4.69) is 9.68 Å². The molecular formula is C12H11FN2O4S. The average Bonchev–Trinajstić information content (AvgIpc) is 2.83. The first kappa shape index (κ1) is 14.2. The maximum Gasteiger partial charge on any atom is 0.264 e. The molecule has 1 heterocycles. The van der Waals surface area contributed by atoms with Gasteiger partial charge in [-0.3, -0.25) is 4.79 Å². The molecule has 2 aromatic rings. The number of aryl methyl sites for hydroxylation is 1. The lowest BCUT2D eigenvalue weighted by Gasteiger charge is -2.06. The molecule has 0 aliphatic heterocycles. The quantitative estimate of drug-likeness (QED) is 0.921. The van der Waals surface area contributed by atoms with Gasteiger partial charge in [-0.05, 0) is 24.6 Å². The zero-order valence-electron chi connectivity index (χ0n) is 10.5. The first-order valence-corrected chi connectivity index (χ1v) is 7.23. The summed E-state index contributed by atoms with van der Waals surface area (Å²) in [4.78, 5) is 11.8. The standard InChI is InChI=1S/C12H11FN2O4S/c1-8-2-3-9(6-11(8)13)12(16)15-20(17,18)7-10-4-5-19-14-10/h2-6H,7H2,1H3,(H,15,16). The smallest absolute Gasteiger partial charge is 0.264 e. The number of hydrogen-bond acceptors (Lipinski definition) is 5. The van der Waals surface area contributed by atoms with Gasteiger partial charge in [0.1, 0.15) is 23.5 Å². The second kappa shape index (κ2) is 5.41. The van der Waals surface area contributed by atoms with Gasteiger partial charge in [-0.1, -0.05) is 11.2 Å². The van der Waals surface area contributed by atoms with Crippen LogP contribution in [0.25, 0.3) is 0 Å². The van der Waals surface area contributed by atoms with Gasteiger partial charge in [-0.2, -0.15) is 0 Å². The van der Waals surface area contributed by atoms with Crippen molar-refractivity contribution >= 4 is 15.9 Å². The Morgan fingerprint density at radius 1 is 1.40 bits per heavy atom. The Morgan fingerprint density at radius 3 is 2.75 bits per heavy atom. The SMILES string of the molecule is Cc1ccc(C(=O)NS(=O)(=O)Cc2ccon2)cc1F. The minimum Gasteiger partial charge on any atom is -0.364 e. The first-order valence-electron chi connectivity index (χ1n) is 5.57. The molecule has 0 bridgehead atoms. The summed E-state index contributed by atoms with van der Waals surface area (Å²) in [7, 11) is -3.92. The molecule has 6 nitrogen and oxygen atoms in total. The molecule has 1 aromatic heterocycles. The number of aromatic nitrogens is 1. The van der Waals surface area contributed by atoms with Crippen LogP contribution >= 0.6 is 0 Å². The first-order chi connectivity index (χ1) is 9.37. The van der Waals surface area contributed by atoms with Gasteiger partial charge in [-0.15, -0.1) is 0 Å². The van der Waals surface area contributed by atoms with Crippen molar-refractivity contribution in [2.75, 3.05) is 0 Å². The molecule has 0 aliphatic rings. The lowest BCUT2D eigenvalue weighted by molar-refractivity contribution is 0.0981. The Kier molecular flexibility index (Phi) is 3.84. The molecule has 1 N–H and O–H groups in total. The van der Waals surface area contributed by atoms with Crippen LogP contribution in [0.5, 0.6) is 0 Å². The highest BCUT2D eigenvalue weighted by molar-refractivity contribution is 7.89. The van der Waals surface area contributed by atoms with E-state index in [1.54, 1.807) is 6.92 Å². The monoisotopic (exact) mass is 298 g/mol. The maximum absolute atomic E-state index is 13.3. The molecule has 1 amide bonds. The summed E-state index contributed by atoms with van der Waals surface area (Å²) in [5.41, 5.74) is 0.462. The highest BCUT2D eigenvalue weighted by Crippen LogP contribution is 2.10. The second-order valence-electron chi connectivity index (χ2n) is 4.15. The topological polar surface area (TPSA) is 89.3 Å². The zero-order valence-corrected chi connectivity index (χ0v) is 11.3. The van der Waals surface area contributed by atoms with E-state index in [9.17, 15) is 17.6 Å². The van der Waals surface area contributed by atoms with Crippen LogP contribution in [0.1, 0.15) is 21.6 Å². The summed E-state index contributed by atoms with van der Waals surface area (Å²) in [6.45, 7) is 1.54. The molecule has 0 saturated heterocycles. The van der Waals surface area contributed by atoms with Crippen molar-refractivity contribution in [1.29, 1.82) is 0 Å². The van der Waals surface area contributed by atoms with E-state index in [0.717, 1.165) is 6.07 Å². The fourth-order valence-corrected chi connectivity index (χ4v) is 2.49. The Hall–Kier alpha value is -2.22. The third-order valence-corrected chi connectivity index (χ3v) is 3.68. The fraction of sp³-hybridized carbons (Fsp3) is 0.167. The lowest BCUT2D eigenvalue weighted by atomic mass is 10.1. The van der Waals surface area contributed by atoms with Crippen molar-refractivity contribution in [3.05, 3.63) is 53.2 Å². The van der Waals surface area contributed by atoms with E-state index in [0.29, 0.717) is 5.56 Å². The van der Waals surface area contributed by atoms with Crippen molar-refractivity contribution < 1.29 is 22.1 Å². The summed E-state index contributed by atoms with van der Waals surface area (Å²) < 4.78 is 43.1.